The number of thiophene rings is 1. The van der Waals surface area contributed by atoms with Crippen LogP contribution in [0.1, 0.15) is 22.0 Å². The van der Waals surface area contributed by atoms with Crippen molar-refractivity contribution in [3.63, 3.8) is 0 Å². The first-order valence-electron chi connectivity index (χ1n) is 9.63. The minimum atomic E-state index is -0.788. The predicted octanol–water partition coefficient (Wildman–Crippen LogP) is 3.48. The molecule has 2 amide bonds. The molecule has 3 aromatic rings. The van der Waals surface area contributed by atoms with Crippen molar-refractivity contribution in [1.82, 2.24) is 5.32 Å². The molecule has 30 heavy (non-hydrogen) atoms. The number of anilines is 2. The maximum absolute atomic E-state index is 12.5. The van der Waals surface area contributed by atoms with Crippen molar-refractivity contribution < 1.29 is 9.59 Å². The Kier molecular flexibility index (Phi) is 5.77. The second kappa shape index (κ2) is 8.80. The summed E-state index contributed by atoms with van der Waals surface area (Å²) in [7, 11) is 0. The van der Waals surface area contributed by atoms with E-state index in [-0.39, 0.29) is 6.04 Å². The fraction of sp³-hybridized carbons (Fsp3) is 0.174. The third-order valence-electron chi connectivity index (χ3n) is 5.13. The van der Waals surface area contributed by atoms with Crippen molar-refractivity contribution in [3.05, 3.63) is 82.0 Å². The molecule has 0 radical (unpaired) electrons. The fourth-order valence-electron chi connectivity index (χ4n) is 3.67. The van der Waals surface area contributed by atoms with E-state index in [1.807, 2.05) is 35.7 Å². The molecule has 1 aliphatic rings. The molecule has 1 unspecified atom stereocenters. The Morgan fingerprint density at radius 3 is 2.67 bits per heavy atom. The molecule has 0 bridgehead atoms. The maximum Gasteiger partial charge on any atom is 0.313 e. The molecule has 6 nitrogen and oxygen atoms in total. The summed E-state index contributed by atoms with van der Waals surface area (Å²) < 4.78 is 0. The summed E-state index contributed by atoms with van der Waals surface area (Å²) in [4.78, 5) is 28.2. The minimum Gasteiger partial charge on any atom is -0.361 e. The first-order valence-corrected chi connectivity index (χ1v) is 10.5. The van der Waals surface area contributed by atoms with Crippen molar-refractivity contribution in [3.8, 4) is 6.07 Å². The third kappa shape index (κ3) is 4.04. The summed E-state index contributed by atoms with van der Waals surface area (Å²) >= 11 is 1.63. The molecule has 1 aliphatic heterocycles. The van der Waals surface area contributed by atoms with Crippen LogP contribution in [0.15, 0.2) is 66.0 Å². The highest BCUT2D eigenvalue weighted by Gasteiger charge is 2.28. The van der Waals surface area contributed by atoms with E-state index in [1.165, 1.54) is 5.56 Å². The Morgan fingerprint density at radius 2 is 1.87 bits per heavy atom. The largest absolute Gasteiger partial charge is 0.361 e. The number of carbonyl (C=O) groups is 2. The van der Waals surface area contributed by atoms with E-state index >= 15 is 0 Å². The van der Waals surface area contributed by atoms with Crippen LogP contribution in [-0.2, 0) is 16.0 Å². The van der Waals surface area contributed by atoms with Crippen molar-refractivity contribution in [2.45, 2.75) is 12.5 Å². The highest BCUT2D eigenvalue weighted by molar-refractivity contribution is 7.10. The second-order valence-corrected chi connectivity index (χ2v) is 7.90. The van der Waals surface area contributed by atoms with E-state index in [4.69, 9.17) is 5.26 Å². The average Bonchev–Trinajstić information content (AvgIpc) is 3.45. The standard InChI is InChI=1S/C23H20N4O2S/c24-14-17-7-1-3-8-18(17)26-23(29)22(28)25-15-20(21-10-5-13-30-21)27-12-11-16-6-2-4-9-19(16)27/h1-10,13,20H,11-12,15H2,(H,25,28)(H,26,29). The predicted molar refractivity (Wildman–Crippen MR) is 117 cm³/mol. The van der Waals surface area contributed by atoms with Gasteiger partial charge in [0.2, 0.25) is 0 Å². The van der Waals surface area contributed by atoms with Crippen molar-refractivity contribution in [2.75, 3.05) is 23.3 Å². The second-order valence-electron chi connectivity index (χ2n) is 6.92. The average molecular weight is 417 g/mol. The Hall–Kier alpha value is -3.63. The number of para-hydroxylation sites is 2. The zero-order valence-electron chi connectivity index (χ0n) is 16.2. The number of nitrogens with zero attached hydrogens (tertiary/aromatic N) is 2. The molecule has 2 aromatic carbocycles. The van der Waals surface area contributed by atoms with Gasteiger partial charge in [-0.1, -0.05) is 36.4 Å². The quantitative estimate of drug-likeness (QED) is 0.624. The van der Waals surface area contributed by atoms with E-state index < -0.39 is 11.8 Å². The lowest BCUT2D eigenvalue weighted by atomic mass is 10.1. The van der Waals surface area contributed by atoms with Gasteiger partial charge in [0.1, 0.15) is 6.07 Å². The van der Waals surface area contributed by atoms with Gasteiger partial charge in [-0.15, -0.1) is 11.3 Å². The molecule has 0 spiro atoms. The third-order valence-corrected chi connectivity index (χ3v) is 6.10. The van der Waals surface area contributed by atoms with E-state index in [9.17, 15) is 9.59 Å². The molecule has 1 aromatic heterocycles. The van der Waals surface area contributed by atoms with Gasteiger partial charge >= 0.3 is 11.8 Å². The van der Waals surface area contributed by atoms with Crippen LogP contribution >= 0.6 is 11.3 Å². The Balaban J connectivity index is 1.46. The van der Waals surface area contributed by atoms with Crippen LogP contribution in [0.5, 0.6) is 0 Å². The molecule has 0 fully saturated rings. The van der Waals surface area contributed by atoms with Gasteiger partial charge in [0.25, 0.3) is 0 Å². The highest BCUT2D eigenvalue weighted by Crippen LogP contribution is 2.36. The van der Waals surface area contributed by atoms with E-state index in [2.05, 4.69) is 27.7 Å². The Bertz CT molecular complexity index is 1100. The SMILES string of the molecule is N#Cc1ccccc1NC(=O)C(=O)NCC(c1cccs1)N1CCc2ccccc21. The van der Waals surface area contributed by atoms with Crippen LogP contribution in [-0.4, -0.2) is 24.9 Å². The van der Waals surface area contributed by atoms with Gasteiger partial charge in [0, 0.05) is 23.7 Å². The van der Waals surface area contributed by atoms with Gasteiger partial charge in [-0.2, -0.15) is 5.26 Å². The van der Waals surface area contributed by atoms with E-state index in [0.717, 1.165) is 23.5 Å². The van der Waals surface area contributed by atoms with Gasteiger partial charge < -0.3 is 15.5 Å². The van der Waals surface area contributed by atoms with Crippen LogP contribution in [0.25, 0.3) is 0 Å². The molecule has 150 valence electrons. The lowest BCUT2D eigenvalue weighted by molar-refractivity contribution is -0.136. The smallest absolute Gasteiger partial charge is 0.313 e. The summed E-state index contributed by atoms with van der Waals surface area (Å²) in [6.45, 7) is 1.17. The normalized spacial score (nSPS) is 13.2. The number of nitrogens with one attached hydrogen (secondary N) is 2. The van der Waals surface area contributed by atoms with Crippen LogP contribution in [0, 0.1) is 11.3 Å². The zero-order valence-corrected chi connectivity index (χ0v) is 17.0. The summed E-state index contributed by atoms with van der Waals surface area (Å²) in [5.41, 5.74) is 3.08. The van der Waals surface area contributed by atoms with Crippen LogP contribution in [0.4, 0.5) is 11.4 Å². The van der Waals surface area contributed by atoms with E-state index in [0.29, 0.717) is 17.8 Å². The molecule has 0 aliphatic carbocycles. The molecule has 4 rings (SSSR count). The molecular formula is C23H20N4O2S. The number of benzene rings is 2. The number of amides is 2. The summed E-state index contributed by atoms with van der Waals surface area (Å²) in [6, 6.07) is 20.8. The first-order chi connectivity index (χ1) is 14.7. The minimum absolute atomic E-state index is 0.0585. The van der Waals surface area contributed by atoms with Gasteiger partial charge in [0.05, 0.1) is 17.3 Å². The highest BCUT2D eigenvalue weighted by atomic mass is 32.1. The molecule has 0 saturated heterocycles. The van der Waals surface area contributed by atoms with Crippen LogP contribution < -0.4 is 15.5 Å². The molecule has 1 atom stereocenters. The number of rotatable bonds is 5. The molecular weight excluding hydrogens is 396 g/mol. The van der Waals surface area contributed by atoms with Crippen LogP contribution in [0.3, 0.4) is 0 Å². The van der Waals surface area contributed by atoms with E-state index in [1.54, 1.807) is 35.6 Å². The maximum atomic E-state index is 12.5. The van der Waals surface area contributed by atoms with Gasteiger partial charge in [-0.25, -0.2) is 0 Å². The molecule has 7 heteroatoms. The fourth-order valence-corrected chi connectivity index (χ4v) is 4.51. The van der Waals surface area contributed by atoms with Gasteiger partial charge in [-0.05, 0) is 41.6 Å². The monoisotopic (exact) mass is 416 g/mol. The number of fused-ring (bicyclic) bond motifs is 1. The molecule has 0 saturated carbocycles. The van der Waals surface area contributed by atoms with Gasteiger partial charge in [-0.3, -0.25) is 9.59 Å². The van der Waals surface area contributed by atoms with Crippen molar-refractivity contribution in [2.24, 2.45) is 0 Å². The number of nitriles is 1. The van der Waals surface area contributed by atoms with Gasteiger partial charge in [0.15, 0.2) is 0 Å². The summed E-state index contributed by atoms with van der Waals surface area (Å²) in [5.74, 6) is -1.51. The zero-order chi connectivity index (χ0) is 20.9. The number of carbonyl (C=O) groups excluding carboxylic acids is 2. The van der Waals surface area contributed by atoms with Crippen LogP contribution in [0.2, 0.25) is 0 Å². The topological polar surface area (TPSA) is 85.2 Å². The number of hydrogen-bond acceptors (Lipinski definition) is 5. The number of hydrogen-bond donors (Lipinski definition) is 2. The lowest BCUT2D eigenvalue weighted by Crippen LogP contribution is -2.41. The lowest BCUT2D eigenvalue weighted by Gasteiger charge is -2.30. The Morgan fingerprint density at radius 1 is 1.07 bits per heavy atom. The summed E-state index contributed by atoms with van der Waals surface area (Å²) in [6.07, 6.45) is 0.956. The molecule has 2 heterocycles. The summed E-state index contributed by atoms with van der Waals surface area (Å²) in [5, 5.41) is 16.4. The first kappa shape index (κ1) is 19.7. The van der Waals surface area contributed by atoms with Crippen molar-refractivity contribution >= 4 is 34.5 Å². The molecule has 2 N–H and O–H groups in total. The van der Waals surface area contributed by atoms with Crippen molar-refractivity contribution in [1.29, 1.82) is 5.26 Å². The Labute approximate surface area is 178 Å².